The highest BCUT2D eigenvalue weighted by Gasteiger charge is 2.10. The number of rotatable bonds is 28. The quantitative estimate of drug-likeness (QED) is 0.0870. The lowest BCUT2D eigenvalue weighted by molar-refractivity contribution is -0.137. The van der Waals surface area contributed by atoms with Gasteiger partial charge in [-0.1, -0.05) is 128 Å². The number of aliphatic carboxylic acids is 1. The second-order valence-electron chi connectivity index (χ2n) is 11.1. The minimum absolute atomic E-state index is 0.330. The summed E-state index contributed by atoms with van der Waals surface area (Å²) in [6.45, 7) is 2.30. The normalized spacial score (nSPS) is 12.7. The molecule has 0 saturated heterocycles. The largest absolute Gasteiger partial charge is 0.481 e. The van der Waals surface area contributed by atoms with Gasteiger partial charge >= 0.3 is 5.97 Å². The van der Waals surface area contributed by atoms with Gasteiger partial charge < -0.3 is 10.0 Å². The molecule has 0 saturated carbocycles. The summed E-state index contributed by atoms with van der Waals surface area (Å²) in [7, 11) is 4.54. The van der Waals surface area contributed by atoms with Crippen LogP contribution in [-0.4, -0.2) is 36.1 Å². The molecular formula is C32H63NO2. The van der Waals surface area contributed by atoms with Gasteiger partial charge in [0.2, 0.25) is 0 Å². The Hall–Kier alpha value is -0.830. The maximum Gasteiger partial charge on any atom is 0.303 e. The molecule has 0 bridgehead atoms. The van der Waals surface area contributed by atoms with Crippen LogP contribution in [0.25, 0.3) is 0 Å². The zero-order valence-corrected chi connectivity index (χ0v) is 24.2. The maximum atomic E-state index is 10.5. The molecule has 208 valence electrons. The molecule has 35 heavy (non-hydrogen) atoms. The van der Waals surface area contributed by atoms with Crippen LogP contribution in [0.5, 0.6) is 0 Å². The molecule has 0 rings (SSSR count). The third-order valence-corrected chi connectivity index (χ3v) is 7.46. The fraction of sp³-hybridized carbons (Fsp3) is 0.906. The van der Waals surface area contributed by atoms with E-state index in [0.29, 0.717) is 6.42 Å². The van der Waals surface area contributed by atoms with Crippen LogP contribution in [0.3, 0.4) is 0 Å². The van der Waals surface area contributed by atoms with Crippen molar-refractivity contribution in [3.8, 4) is 0 Å². The van der Waals surface area contributed by atoms with Gasteiger partial charge in [0.1, 0.15) is 0 Å². The summed E-state index contributed by atoms with van der Waals surface area (Å²) < 4.78 is 0. The first-order valence-electron chi connectivity index (χ1n) is 15.6. The average Bonchev–Trinajstić information content (AvgIpc) is 2.83. The second kappa shape index (κ2) is 27.8. The van der Waals surface area contributed by atoms with Gasteiger partial charge in [-0.25, -0.2) is 0 Å². The molecule has 1 N–H and O–H groups in total. The Kier molecular flexibility index (Phi) is 27.1. The molecule has 0 amide bonds. The molecule has 0 aromatic heterocycles. The third kappa shape index (κ3) is 27.6. The zero-order chi connectivity index (χ0) is 25.8. The van der Waals surface area contributed by atoms with E-state index in [0.717, 1.165) is 18.9 Å². The van der Waals surface area contributed by atoms with Gasteiger partial charge in [-0.15, -0.1) is 0 Å². The van der Waals surface area contributed by atoms with E-state index in [1.807, 2.05) is 0 Å². The van der Waals surface area contributed by atoms with E-state index in [1.54, 1.807) is 0 Å². The molecule has 3 heteroatoms. The van der Waals surface area contributed by atoms with Crippen LogP contribution in [0.2, 0.25) is 0 Å². The molecule has 0 aliphatic carbocycles. The maximum absolute atomic E-state index is 10.5. The minimum atomic E-state index is -0.661. The van der Waals surface area contributed by atoms with Gasteiger partial charge in [0.05, 0.1) is 0 Å². The smallest absolute Gasteiger partial charge is 0.303 e. The summed E-state index contributed by atoms with van der Waals surface area (Å²) in [4.78, 5) is 12.9. The molecule has 3 nitrogen and oxygen atoms in total. The monoisotopic (exact) mass is 493 g/mol. The van der Waals surface area contributed by atoms with Crippen molar-refractivity contribution in [1.29, 1.82) is 0 Å². The number of carboxylic acid groups (broad SMARTS) is 1. The fourth-order valence-electron chi connectivity index (χ4n) is 5.01. The average molecular weight is 494 g/mol. The Balaban J connectivity index is 3.39. The van der Waals surface area contributed by atoms with E-state index in [-0.39, 0.29) is 0 Å². The predicted octanol–water partition coefficient (Wildman–Crippen LogP) is 10.3. The van der Waals surface area contributed by atoms with Crippen LogP contribution >= 0.6 is 0 Å². The Bertz CT molecular complexity index is 460. The predicted molar refractivity (Wildman–Crippen MR) is 155 cm³/mol. The molecule has 0 heterocycles. The minimum Gasteiger partial charge on any atom is -0.481 e. The number of hydrogen-bond acceptors (Lipinski definition) is 2. The molecule has 0 aromatic rings. The summed E-state index contributed by atoms with van der Waals surface area (Å²) in [5, 5.41) is 8.62. The van der Waals surface area contributed by atoms with Crippen LogP contribution in [0.1, 0.15) is 167 Å². The van der Waals surface area contributed by atoms with Crippen LogP contribution in [0.15, 0.2) is 12.2 Å². The second-order valence-corrected chi connectivity index (χ2v) is 11.1. The summed E-state index contributed by atoms with van der Waals surface area (Å²) in [5.74, 6) is -0.661. The number of carbonyl (C=O) groups is 1. The van der Waals surface area contributed by atoms with Crippen LogP contribution < -0.4 is 0 Å². The van der Waals surface area contributed by atoms with E-state index in [4.69, 9.17) is 5.11 Å². The Morgan fingerprint density at radius 1 is 0.600 bits per heavy atom. The zero-order valence-electron chi connectivity index (χ0n) is 24.2. The van der Waals surface area contributed by atoms with E-state index in [9.17, 15) is 4.79 Å². The molecular weight excluding hydrogens is 430 g/mol. The van der Waals surface area contributed by atoms with Crippen molar-refractivity contribution in [3.63, 3.8) is 0 Å². The van der Waals surface area contributed by atoms with E-state index in [2.05, 4.69) is 38.1 Å². The summed E-state index contributed by atoms with van der Waals surface area (Å²) in [6, 6.07) is 0.794. The lowest BCUT2D eigenvalue weighted by atomic mass is 9.99. The molecule has 0 spiro atoms. The highest BCUT2D eigenvalue weighted by atomic mass is 16.4. The van der Waals surface area contributed by atoms with Gasteiger partial charge in [0.15, 0.2) is 0 Å². The van der Waals surface area contributed by atoms with Crippen LogP contribution in [-0.2, 0) is 4.79 Å². The molecule has 0 fully saturated rings. The van der Waals surface area contributed by atoms with Gasteiger partial charge in [0, 0.05) is 12.5 Å². The fourth-order valence-corrected chi connectivity index (χ4v) is 5.01. The number of allylic oxidation sites excluding steroid dienone is 2. The first-order chi connectivity index (χ1) is 17.1. The number of hydrogen-bond donors (Lipinski definition) is 1. The van der Waals surface area contributed by atoms with E-state index >= 15 is 0 Å². The molecule has 1 atom stereocenters. The first-order valence-corrected chi connectivity index (χ1v) is 15.6. The van der Waals surface area contributed by atoms with Gasteiger partial charge in [0.25, 0.3) is 0 Å². The van der Waals surface area contributed by atoms with Crippen molar-refractivity contribution in [2.75, 3.05) is 14.1 Å². The van der Waals surface area contributed by atoms with Gasteiger partial charge in [-0.3, -0.25) is 4.79 Å². The Morgan fingerprint density at radius 3 is 1.37 bits per heavy atom. The summed E-state index contributed by atoms with van der Waals surface area (Å²) in [5.41, 5.74) is 0. The lowest BCUT2D eigenvalue weighted by Gasteiger charge is -2.24. The number of carboxylic acids is 1. The summed E-state index contributed by atoms with van der Waals surface area (Å²) in [6.07, 6.45) is 37.0. The summed E-state index contributed by atoms with van der Waals surface area (Å²) >= 11 is 0. The molecule has 0 aliphatic rings. The Morgan fingerprint density at radius 2 is 0.971 bits per heavy atom. The Labute approximate surface area is 220 Å². The molecule has 0 aromatic carbocycles. The lowest BCUT2D eigenvalue weighted by Crippen LogP contribution is -2.27. The highest BCUT2D eigenvalue weighted by molar-refractivity contribution is 5.66. The molecule has 1 unspecified atom stereocenters. The van der Waals surface area contributed by atoms with Crippen molar-refractivity contribution in [3.05, 3.63) is 12.2 Å². The van der Waals surface area contributed by atoms with Crippen molar-refractivity contribution in [2.24, 2.45) is 0 Å². The SMILES string of the molecule is CCCCCCCCCC(CCCCCCCCCC/C=C\CCCCCCCC(=O)O)N(C)C. The van der Waals surface area contributed by atoms with Crippen LogP contribution in [0.4, 0.5) is 0 Å². The molecule has 0 aliphatic heterocycles. The highest BCUT2D eigenvalue weighted by Crippen LogP contribution is 2.18. The van der Waals surface area contributed by atoms with Gasteiger partial charge in [-0.05, 0) is 59.0 Å². The third-order valence-electron chi connectivity index (χ3n) is 7.46. The number of unbranched alkanes of at least 4 members (excludes halogenated alkanes) is 19. The van der Waals surface area contributed by atoms with Crippen molar-refractivity contribution in [1.82, 2.24) is 4.90 Å². The van der Waals surface area contributed by atoms with Crippen molar-refractivity contribution < 1.29 is 9.90 Å². The number of nitrogens with zero attached hydrogens (tertiary/aromatic N) is 1. The van der Waals surface area contributed by atoms with Crippen LogP contribution in [0, 0.1) is 0 Å². The van der Waals surface area contributed by atoms with E-state index < -0.39 is 5.97 Å². The van der Waals surface area contributed by atoms with Crippen molar-refractivity contribution >= 4 is 5.97 Å². The first kappa shape index (κ1) is 34.2. The standard InChI is InChI=1S/C32H63NO2/c1-4-5-6-7-19-22-25-28-31(33(2)3)29-26-23-20-17-15-13-11-9-8-10-12-14-16-18-21-24-27-30-32(34)35/h10,12,31H,4-9,11,13-30H2,1-3H3,(H,34,35)/b12-10-. The van der Waals surface area contributed by atoms with Crippen molar-refractivity contribution in [2.45, 2.75) is 173 Å². The topological polar surface area (TPSA) is 40.5 Å². The van der Waals surface area contributed by atoms with Gasteiger partial charge in [-0.2, -0.15) is 0 Å². The molecule has 0 radical (unpaired) electrons. The van der Waals surface area contributed by atoms with E-state index in [1.165, 1.54) is 141 Å².